The summed E-state index contributed by atoms with van der Waals surface area (Å²) in [5.74, 6) is -0.992. The number of ether oxygens (including phenoxy) is 1. The van der Waals surface area contributed by atoms with Gasteiger partial charge in [0, 0.05) is 0 Å². The Morgan fingerprint density at radius 3 is 3.06 bits per heavy atom. The molecule has 2 aromatic rings. The number of Topliss-reactive ketones (excluding diaryl/α,β-unsaturated/α-hetero) is 1. The fraction of sp³-hybridized carbons (Fsp3) is 0.100. The molecule has 0 radical (unpaired) electrons. The van der Waals surface area contributed by atoms with Crippen LogP contribution in [-0.2, 0) is 9.59 Å². The maximum absolute atomic E-state index is 10.9. The Morgan fingerprint density at radius 1 is 1.50 bits per heavy atom. The van der Waals surface area contributed by atoms with Crippen molar-refractivity contribution in [3.8, 4) is 5.75 Å². The number of carbonyl (C=O) groups is 2. The second kappa shape index (κ2) is 4.01. The number of benzene rings is 1. The molecule has 0 saturated carbocycles. The van der Waals surface area contributed by atoms with Gasteiger partial charge in [0.05, 0.1) is 0 Å². The molecule has 0 aliphatic rings. The Labute approximate surface area is 88.8 Å². The largest absolute Gasteiger partial charge is 0.483 e. The van der Waals surface area contributed by atoms with E-state index < -0.39 is 11.5 Å². The van der Waals surface area contributed by atoms with Gasteiger partial charge in [-0.05, 0) is 12.1 Å². The third-order valence-electron chi connectivity index (χ3n) is 1.92. The molecule has 0 fully saturated rings. The second-order valence-electron chi connectivity index (χ2n) is 3.02. The molecule has 0 spiro atoms. The van der Waals surface area contributed by atoms with E-state index in [0.29, 0.717) is 16.8 Å². The molecule has 1 N–H and O–H groups in total. The van der Waals surface area contributed by atoms with Crippen LogP contribution < -0.4 is 10.5 Å². The summed E-state index contributed by atoms with van der Waals surface area (Å²) in [6.45, 7) is -0.365. The lowest BCUT2D eigenvalue weighted by molar-refractivity contribution is -0.131. The Hall–Kier alpha value is -2.37. The second-order valence-corrected chi connectivity index (χ2v) is 3.02. The molecule has 1 aromatic carbocycles. The van der Waals surface area contributed by atoms with Crippen molar-refractivity contribution in [3.63, 3.8) is 0 Å². The quantitative estimate of drug-likeness (QED) is 0.591. The predicted octanol–water partition coefficient (Wildman–Crippen LogP) is 0.268. The molecular formula is C10H7NO5. The van der Waals surface area contributed by atoms with Crippen molar-refractivity contribution in [2.75, 3.05) is 6.61 Å². The van der Waals surface area contributed by atoms with Crippen LogP contribution in [0.1, 0.15) is 0 Å². The Kier molecular flexibility index (Phi) is 2.55. The normalized spacial score (nSPS) is 10.2. The monoisotopic (exact) mass is 221 g/mol. The van der Waals surface area contributed by atoms with E-state index in [4.69, 9.17) is 9.15 Å². The first-order valence-electron chi connectivity index (χ1n) is 4.43. The summed E-state index contributed by atoms with van der Waals surface area (Å²) in [6, 6.07) is 4.76. The number of aldehydes is 1. The van der Waals surface area contributed by atoms with Crippen molar-refractivity contribution in [3.05, 3.63) is 28.7 Å². The van der Waals surface area contributed by atoms with Crippen molar-refractivity contribution < 1.29 is 18.7 Å². The van der Waals surface area contributed by atoms with Gasteiger partial charge in [-0.2, -0.15) is 0 Å². The van der Waals surface area contributed by atoms with Crippen LogP contribution in [0.5, 0.6) is 5.75 Å². The highest BCUT2D eigenvalue weighted by Gasteiger charge is 2.08. The first-order valence-corrected chi connectivity index (χ1v) is 4.43. The van der Waals surface area contributed by atoms with Gasteiger partial charge in [0.15, 0.2) is 18.5 Å². The summed E-state index contributed by atoms with van der Waals surface area (Å²) in [4.78, 5) is 34.2. The van der Waals surface area contributed by atoms with E-state index in [0.717, 1.165) is 0 Å². The van der Waals surface area contributed by atoms with Crippen molar-refractivity contribution >= 4 is 23.2 Å². The van der Waals surface area contributed by atoms with Crippen LogP contribution in [-0.4, -0.2) is 23.7 Å². The van der Waals surface area contributed by atoms with E-state index in [9.17, 15) is 14.4 Å². The molecule has 6 nitrogen and oxygen atoms in total. The van der Waals surface area contributed by atoms with E-state index in [1.807, 2.05) is 0 Å². The lowest BCUT2D eigenvalue weighted by atomic mass is 10.3. The van der Waals surface area contributed by atoms with Gasteiger partial charge in [0.1, 0.15) is 11.3 Å². The molecule has 0 aliphatic carbocycles. The number of hydrogen-bond acceptors (Lipinski definition) is 5. The van der Waals surface area contributed by atoms with Gasteiger partial charge in [-0.15, -0.1) is 0 Å². The van der Waals surface area contributed by atoms with E-state index in [-0.39, 0.29) is 12.9 Å². The third kappa shape index (κ3) is 1.85. The van der Waals surface area contributed by atoms with Crippen molar-refractivity contribution in [2.24, 2.45) is 0 Å². The molecule has 0 atom stereocenters. The molecule has 82 valence electrons. The van der Waals surface area contributed by atoms with Crippen LogP contribution in [0.4, 0.5) is 0 Å². The fourth-order valence-electron chi connectivity index (χ4n) is 1.25. The van der Waals surface area contributed by atoms with Crippen LogP contribution in [0.15, 0.2) is 27.4 Å². The summed E-state index contributed by atoms with van der Waals surface area (Å²) < 4.78 is 9.87. The van der Waals surface area contributed by atoms with Gasteiger partial charge in [-0.25, -0.2) is 4.79 Å². The first kappa shape index (κ1) is 10.2. The number of oxazole rings is 1. The number of ketones is 1. The van der Waals surface area contributed by atoms with Crippen LogP contribution in [0.25, 0.3) is 11.1 Å². The number of rotatable bonds is 4. The van der Waals surface area contributed by atoms with Gasteiger partial charge < -0.3 is 9.15 Å². The Bertz CT molecular complexity index is 595. The zero-order chi connectivity index (χ0) is 11.5. The highest BCUT2D eigenvalue weighted by molar-refractivity contribution is 6.25. The summed E-state index contributed by atoms with van der Waals surface area (Å²) in [5.41, 5.74) is 0.701. The van der Waals surface area contributed by atoms with E-state index in [1.165, 1.54) is 0 Å². The number of aromatic amines is 1. The van der Waals surface area contributed by atoms with Gasteiger partial charge >= 0.3 is 5.76 Å². The molecule has 0 unspecified atom stereocenters. The van der Waals surface area contributed by atoms with Crippen LogP contribution in [0.2, 0.25) is 0 Å². The molecule has 2 rings (SSSR count). The topological polar surface area (TPSA) is 89.4 Å². The SMILES string of the molecule is O=CC(=O)COc1cccc2oc(=O)[nH]c12. The zero-order valence-electron chi connectivity index (χ0n) is 8.06. The smallest absolute Gasteiger partial charge is 0.417 e. The highest BCUT2D eigenvalue weighted by Crippen LogP contribution is 2.22. The molecule has 6 heteroatoms. The van der Waals surface area contributed by atoms with Crippen molar-refractivity contribution in [1.82, 2.24) is 4.98 Å². The van der Waals surface area contributed by atoms with Crippen LogP contribution in [0.3, 0.4) is 0 Å². The van der Waals surface area contributed by atoms with Gasteiger partial charge in [0.25, 0.3) is 0 Å². The van der Waals surface area contributed by atoms with Gasteiger partial charge in [0.2, 0.25) is 5.78 Å². The minimum Gasteiger partial charge on any atom is -0.483 e. The number of H-pyrrole nitrogens is 1. The molecule has 1 aromatic heterocycles. The molecule has 1 heterocycles. The molecule has 0 bridgehead atoms. The Morgan fingerprint density at radius 2 is 2.31 bits per heavy atom. The number of para-hydroxylation sites is 1. The summed E-state index contributed by atoms with van der Waals surface area (Å²) in [7, 11) is 0. The Balaban J connectivity index is 2.33. The van der Waals surface area contributed by atoms with Gasteiger partial charge in [-0.3, -0.25) is 14.6 Å². The average molecular weight is 221 g/mol. The van der Waals surface area contributed by atoms with Crippen molar-refractivity contribution in [2.45, 2.75) is 0 Å². The van der Waals surface area contributed by atoms with Gasteiger partial charge in [-0.1, -0.05) is 6.07 Å². The number of aromatic nitrogens is 1. The maximum atomic E-state index is 10.9. The molecule has 0 saturated heterocycles. The lowest BCUT2D eigenvalue weighted by Crippen LogP contribution is -2.12. The highest BCUT2D eigenvalue weighted by atomic mass is 16.5. The first-order chi connectivity index (χ1) is 7.70. The standard InChI is InChI=1S/C10H7NO5/c12-4-6(13)5-15-7-2-1-3-8-9(7)11-10(14)16-8/h1-4H,5H2,(H,11,14). The number of nitrogens with one attached hydrogen (secondary N) is 1. The van der Waals surface area contributed by atoms with E-state index in [2.05, 4.69) is 4.98 Å². The number of carbonyl (C=O) groups excluding carboxylic acids is 2. The molecule has 0 amide bonds. The maximum Gasteiger partial charge on any atom is 0.417 e. The minimum atomic E-state index is -0.678. The van der Waals surface area contributed by atoms with Crippen LogP contribution in [0, 0.1) is 0 Å². The van der Waals surface area contributed by atoms with E-state index >= 15 is 0 Å². The van der Waals surface area contributed by atoms with E-state index in [1.54, 1.807) is 18.2 Å². The summed E-state index contributed by atoms with van der Waals surface area (Å²) in [6.07, 6.45) is 0.179. The molecule has 16 heavy (non-hydrogen) atoms. The fourth-order valence-corrected chi connectivity index (χ4v) is 1.25. The lowest BCUT2D eigenvalue weighted by Gasteiger charge is -2.02. The minimum absolute atomic E-state index is 0.179. The number of hydrogen-bond donors (Lipinski definition) is 1. The predicted molar refractivity (Wildman–Crippen MR) is 53.4 cm³/mol. The molecule has 0 aliphatic heterocycles. The summed E-state index contributed by atoms with van der Waals surface area (Å²) >= 11 is 0. The average Bonchev–Trinajstić information content (AvgIpc) is 2.66. The molecular weight excluding hydrogens is 214 g/mol. The summed E-state index contributed by atoms with van der Waals surface area (Å²) in [5, 5.41) is 0. The van der Waals surface area contributed by atoms with Crippen LogP contribution >= 0.6 is 0 Å². The van der Waals surface area contributed by atoms with Crippen molar-refractivity contribution in [1.29, 1.82) is 0 Å². The zero-order valence-corrected chi connectivity index (χ0v) is 8.06. The number of fused-ring (bicyclic) bond motifs is 1. The third-order valence-corrected chi connectivity index (χ3v) is 1.92.